The molecule has 4 nitrogen and oxygen atoms in total. The number of rotatable bonds is 6. The number of morpholine rings is 1. The summed E-state index contributed by atoms with van der Waals surface area (Å²) in [5, 5.41) is 0. The number of hydrogen-bond donors (Lipinski definition) is 0. The van der Waals surface area contributed by atoms with Crippen LogP contribution in [0.5, 0.6) is 0 Å². The number of benzene rings is 1. The van der Waals surface area contributed by atoms with E-state index in [2.05, 4.69) is 34.1 Å². The number of carbonyl (C=O) groups is 1. The molecule has 0 unspecified atom stereocenters. The van der Waals surface area contributed by atoms with Gasteiger partial charge in [0.05, 0.1) is 13.2 Å². The molecule has 2 aliphatic heterocycles. The van der Waals surface area contributed by atoms with Crippen LogP contribution in [0.15, 0.2) is 24.3 Å². The first-order chi connectivity index (χ1) is 13.8. The zero-order chi connectivity index (χ0) is 19.2. The molecule has 1 saturated carbocycles. The Bertz CT molecular complexity index is 610. The van der Waals surface area contributed by atoms with Gasteiger partial charge < -0.3 is 9.64 Å². The van der Waals surface area contributed by atoms with E-state index in [1.54, 1.807) is 0 Å². The van der Waals surface area contributed by atoms with Crippen LogP contribution in [-0.2, 0) is 22.5 Å². The van der Waals surface area contributed by atoms with Crippen molar-refractivity contribution in [2.75, 3.05) is 39.4 Å². The lowest BCUT2D eigenvalue weighted by molar-refractivity contribution is -0.133. The van der Waals surface area contributed by atoms with Gasteiger partial charge in [0.15, 0.2) is 0 Å². The number of hydrogen-bond acceptors (Lipinski definition) is 3. The summed E-state index contributed by atoms with van der Waals surface area (Å²) >= 11 is 0. The Morgan fingerprint density at radius 2 is 1.50 bits per heavy atom. The molecule has 0 bridgehead atoms. The van der Waals surface area contributed by atoms with Gasteiger partial charge >= 0.3 is 0 Å². The Morgan fingerprint density at radius 3 is 2.18 bits per heavy atom. The van der Waals surface area contributed by atoms with Gasteiger partial charge in [0.1, 0.15) is 0 Å². The maximum atomic E-state index is 12.5. The van der Waals surface area contributed by atoms with Crippen LogP contribution in [0.3, 0.4) is 0 Å². The first kappa shape index (κ1) is 19.9. The zero-order valence-electron chi connectivity index (χ0n) is 17.3. The molecule has 3 aliphatic rings. The molecule has 1 aliphatic carbocycles. The van der Waals surface area contributed by atoms with Crippen LogP contribution < -0.4 is 0 Å². The van der Waals surface area contributed by atoms with Gasteiger partial charge in [-0.1, -0.05) is 37.1 Å². The maximum Gasteiger partial charge on any atom is 0.222 e. The molecule has 28 heavy (non-hydrogen) atoms. The molecule has 1 aromatic rings. The summed E-state index contributed by atoms with van der Waals surface area (Å²) in [7, 11) is 0. The number of ether oxygens (including phenoxy) is 1. The average Bonchev–Trinajstić information content (AvgIpc) is 3.24. The summed E-state index contributed by atoms with van der Waals surface area (Å²) < 4.78 is 5.43. The van der Waals surface area contributed by atoms with Gasteiger partial charge in [-0.2, -0.15) is 0 Å². The van der Waals surface area contributed by atoms with E-state index in [4.69, 9.17) is 4.74 Å². The fraction of sp³-hybridized carbons (Fsp3) is 0.708. The van der Waals surface area contributed by atoms with Crippen LogP contribution >= 0.6 is 0 Å². The van der Waals surface area contributed by atoms with Crippen molar-refractivity contribution in [3.63, 3.8) is 0 Å². The Labute approximate surface area is 170 Å². The molecule has 3 fully saturated rings. The largest absolute Gasteiger partial charge is 0.379 e. The van der Waals surface area contributed by atoms with E-state index in [-0.39, 0.29) is 0 Å². The normalized spacial score (nSPS) is 22.6. The van der Waals surface area contributed by atoms with Crippen molar-refractivity contribution in [1.82, 2.24) is 9.80 Å². The first-order valence-corrected chi connectivity index (χ1v) is 11.4. The zero-order valence-corrected chi connectivity index (χ0v) is 17.3. The van der Waals surface area contributed by atoms with Gasteiger partial charge in [0, 0.05) is 39.1 Å². The number of piperidine rings is 1. The number of amides is 1. The highest BCUT2D eigenvalue weighted by Crippen LogP contribution is 2.29. The highest BCUT2D eigenvalue weighted by atomic mass is 16.5. The van der Waals surface area contributed by atoms with Crippen molar-refractivity contribution in [3.05, 3.63) is 35.4 Å². The molecule has 2 saturated heterocycles. The summed E-state index contributed by atoms with van der Waals surface area (Å²) in [5.41, 5.74) is 2.85. The van der Waals surface area contributed by atoms with Crippen molar-refractivity contribution >= 4 is 5.91 Å². The monoisotopic (exact) mass is 384 g/mol. The Kier molecular flexibility index (Phi) is 7.03. The smallest absolute Gasteiger partial charge is 0.222 e. The second-order valence-electron chi connectivity index (χ2n) is 9.09. The highest BCUT2D eigenvalue weighted by Gasteiger charge is 2.26. The van der Waals surface area contributed by atoms with E-state index in [0.717, 1.165) is 77.5 Å². The third-order valence-corrected chi connectivity index (χ3v) is 6.96. The van der Waals surface area contributed by atoms with Gasteiger partial charge in [-0.15, -0.1) is 0 Å². The molecule has 4 heteroatoms. The lowest BCUT2D eigenvalue weighted by Crippen LogP contribution is -2.39. The van der Waals surface area contributed by atoms with Crippen LogP contribution in [0, 0.1) is 11.8 Å². The van der Waals surface area contributed by atoms with Crippen molar-refractivity contribution < 1.29 is 9.53 Å². The molecule has 1 amide bonds. The fourth-order valence-electron chi connectivity index (χ4n) is 5.11. The van der Waals surface area contributed by atoms with Crippen LogP contribution in [0.4, 0.5) is 0 Å². The molecule has 2 heterocycles. The SMILES string of the molecule is O=C(CC1CCCC1)N1CCC(Cc2ccc(CN3CCOCC3)cc2)CC1. The van der Waals surface area contributed by atoms with Crippen LogP contribution in [0.1, 0.15) is 56.1 Å². The van der Waals surface area contributed by atoms with Gasteiger partial charge in [-0.05, 0) is 55.1 Å². The van der Waals surface area contributed by atoms with Gasteiger partial charge in [0.25, 0.3) is 0 Å². The lowest BCUT2D eigenvalue weighted by atomic mass is 9.89. The Morgan fingerprint density at radius 1 is 0.857 bits per heavy atom. The molecule has 0 N–H and O–H groups in total. The molecule has 1 aromatic carbocycles. The second-order valence-corrected chi connectivity index (χ2v) is 9.09. The summed E-state index contributed by atoms with van der Waals surface area (Å²) in [4.78, 5) is 17.1. The van der Waals surface area contributed by atoms with Gasteiger partial charge in [-0.25, -0.2) is 0 Å². The van der Waals surface area contributed by atoms with Gasteiger partial charge in [-0.3, -0.25) is 9.69 Å². The predicted octanol–water partition coefficient (Wildman–Crippen LogP) is 3.88. The van der Waals surface area contributed by atoms with Crippen LogP contribution in [0.2, 0.25) is 0 Å². The maximum absolute atomic E-state index is 12.5. The molecule has 154 valence electrons. The Hall–Kier alpha value is -1.39. The van der Waals surface area contributed by atoms with E-state index >= 15 is 0 Å². The van der Waals surface area contributed by atoms with Crippen molar-refractivity contribution in [2.24, 2.45) is 11.8 Å². The highest BCUT2D eigenvalue weighted by molar-refractivity contribution is 5.76. The van der Waals surface area contributed by atoms with Crippen molar-refractivity contribution in [2.45, 2.75) is 57.9 Å². The lowest BCUT2D eigenvalue weighted by Gasteiger charge is -2.33. The van der Waals surface area contributed by atoms with Crippen molar-refractivity contribution in [3.8, 4) is 0 Å². The van der Waals surface area contributed by atoms with Crippen molar-refractivity contribution in [1.29, 1.82) is 0 Å². The molecule has 0 spiro atoms. The standard InChI is InChI=1S/C24H36N2O2/c27-24(18-20-3-1-2-4-20)26-11-9-22(10-12-26)17-21-5-7-23(8-6-21)19-25-13-15-28-16-14-25/h5-8,20,22H,1-4,9-19H2. The number of likely N-dealkylation sites (tertiary alicyclic amines) is 1. The number of carbonyl (C=O) groups excluding carboxylic acids is 1. The average molecular weight is 385 g/mol. The summed E-state index contributed by atoms with van der Waals surface area (Å²) in [6.07, 6.45) is 9.46. The Balaban J connectivity index is 1.19. The summed E-state index contributed by atoms with van der Waals surface area (Å²) in [6.45, 7) is 6.77. The molecule has 0 radical (unpaired) electrons. The summed E-state index contributed by atoms with van der Waals surface area (Å²) in [5.74, 6) is 1.81. The molecular formula is C24H36N2O2. The van der Waals surface area contributed by atoms with E-state index in [0.29, 0.717) is 11.8 Å². The minimum Gasteiger partial charge on any atom is -0.379 e. The van der Waals surface area contributed by atoms with E-state index in [1.165, 1.54) is 36.8 Å². The van der Waals surface area contributed by atoms with Crippen LogP contribution in [-0.4, -0.2) is 55.1 Å². The topological polar surface area (TPSA) is 32.8 Å². The van der Waals surface area contributed by atoms with Crippen LogP contribution in [0.25, 0.3) is 0 Å². The molecular weight excluding hydrogens is 348 g/mol. The molecule has 4 rings (SSSR count). The fourth-order valence-corrected chi connectivity index (χ4v) is 5.11. The molecule has 0 atom stereocenters. The third-order valence-electron chi connectivity index (χ3n) is 6.96. The van der Waals surface area contributed by atoms with E-state index < -0.39 is 0 Å². The number of nitrogens with zero attached hydrogens (tertiary/aromatic N) is 2. The van der Waals surface area contributed by atoms with Gasteiger partial charge in [0.2, 0.25) is 5.91 Å². The quantitative estimate of drug-likeness (QED) is 0.746. The molecule has 0 aromatic heterocycles. The minimum atomic E-state index is 0.415. The minimum absolute atomic E-state index is 0.415. The first-order valence-electron chi connectivity index (χ1n) is 11.4. The van der Waals surface area contributed by atoms with E-state index in [9.17, 15) is 4.79 Å². The second kappa shape index (κ2) is 9.89. The predicted molar refractivity (Wildman–Crippen MR) is 112 cm³/mol. The third kappa shape index (κ3) is 5.57. The summed E-state index contributed by atoms with van der Waals surface area (Å²) in [6, 6.07) is 9.22. The van der Waals surface area contributed by atoms with E-state index in [1.807, 2.05) is 0 Å².